The monoisotopic (exact) mass is 225 g/mol. The molecule has 1 atom stereocenters. The molecule has 16 heavy (non-hydrogen) atoms. The SMILES string of the molecule is CC(C)N1CCC2(CCCN2CC(N)=O)C1. The summed E-state index contributed by atoms with van der Waals surface area (Å²) < 4.78 is 0. The van der Waals surface area contributed by atoms with Gasteiger partial charge in [0.05, 0.1) is 6.54 Å². The Morgan fingerprint density at radius 3 is 2.69 bits per heavy atom. The molecule has 2 aliphatic rings. The molecule has 0 radical (unpaired) electrons. The van der Waals surface area contributed by atoms with Gasteiger partial charge in [-0.1, -0.05) is 0 Å². The van der Waals surface area contributed by atoms with Crippen molar-refractivity contribution in [3.8, 4) is 0 Å². The van der Waals surface area contributed by atoms with E-state index in [1.54, 1.807) is 0 Å². The molecule has 1 unspecified atom stereocenters. The maximum Gasteiger partial charge on any atom is 0.231 e. The molecule has 2 rings (SSSR count). The van der Waals surface area contributed by atoms with Gasteiger partial charge in [-0.2, -0.15) is 0 Å². The number of hydrogen-bond acceptors (Lipinski definition) is 3. The average Bonchev–Trinajstić information content (AvgIpc) is 2.76. The minimum atomic E-state index is -0.190. The lowest BCUT2D eigenvalue weighted by atomic mass is 9.95. The van der Waals surface area contributed by atoms with Crippen LogP contribution in [0.5, 0.6) is 0 Å². The third-order valence-electron chi connectivity index (χ3n) is 4.18. The van der Waals surface area contributed by atoms with E-state index in [1.807, 2.05) is 0 Å². The first-order valence-corrected chi connectivity index (χ1v) is 6.31. The third-order valence-corrected chi connectivity index (χ3v) is 4.18. The maximum atomic E-state index is 11.1. The Labute approximate surface area is 97.8 Å². The topological polar surface area (TPSA) is 49.6 Å². The highest BCUT2D eigenvalue weighted by atomic mass is 16.1. The van der Waals surface area contributed by atoms with Crippen molar-refractivity contribution in [1.82, 2.24) is 9.80 Å². The van der Waals surface area contributed by atoms with Crippen molar-refractivity contribution in [2.75, 3.05) is 26.2 Å². The van der Waals surface area contributed by atoms with Gasteiger partial charge in [-0.05, 0) is 39.7 Å². The largest absolute Gasteiger partial charge is 0.369 e. The molecule has 0 aromatic heterocycles. The maximum absolute atomic E-state index is 11.1. The van der Waals surface area contributed by atoms with Crippen molar-refractivity contribution in [3.63, 3.8) is 0 Å². The van der Waals surface area contributed by atoms with Crippen LogP contribution in [0.4, 0.5) is 0 Å². The summed E-state index contributed by atoms with van der Waals surface area (Å²) in [6, 6.07) is 0.607. The van der Waals surface area contributed by atoms with E-state index >= 15 is 0 Å². The molecule has 1 amide bonds. The number of carbonyl (C=O) groups excluding carboxylic acids is 1. The molecule has 2 aliphatic heterocycles. The summed E-state index contributed by atoms with van der Waals surface area (Å²) in [5.74, 6) is -0.190. The summed E-state index contributed by atoms with van der Waals surface area (Å²) in [5, 5.41) is 0. The number of primary amides is 1. The number of rotatable bonds is 3. The molecule has 2 heterocycles. The highest BCUT2D eigenvalue weighted by molar-refractivity contribution is 5.76. The zero-order valence-corrected chi connectivity index (χ0v) is 10.4. The van der Waals surface area contributed by atoms with E-state index in [0.29, 0.717) is 12.6 Å². The second kappa shape index (κ2) is 4.34. The van der Waals surface area contributed by atoms with Crippen molar-refractivity contribution in [2.24, 2.45) is 5.73 Å². The zero-order chi connectivity index (χ0) is 11.8. The van der Waals surface area contributed by atoms with Crippen molar-refractivity contribution in [2.45, 2.75) is 44.7 Å². The number of hydrogen-bond donors (Lipinski definition) is 1. The Morgan fingerprint density at radius 1 is 1.38 bits per heavy atom. The first-order chi connectivity index (χ1) is 7.53. The van der Waals surface area contributed by atoms with Gasteiger partial charge in [-0.3, -0.25) is 14.6 Å². The number of carbonyl (C=O) groups is 1. The van der Waals surface area contributed by atoms with Crippen LogP contribution < -0.4 is 5.73 Å². The van der Waals surface area contributed by atoms with Gasteiger partial charge >= 0.3 is 0 Å². The second-order valence-corrected chi connectivity index (χ2v) is 5.53. The summed E-state index contributed by atoms with van der Waals surface area (Å²) >= 11 is 0. The third kappa shape index (κ3) is 2.09. The molecule has 1 spiro atoms. The van der Waals surface area contributed by atoms with E-state index in [1.165, 1.54) is 19.3 Å². The van der Waals surface area contributed by atoms with Crippen molar-refractivity contribution in [1.29, 1.82) is 0 Å². The van der Waals surface area contributed by atoms with Crippen LogP contribution in [0.2, 0.25) is 0 Å². The Hall–Kier alpha value is -0.610. The molecule has 92 valence electrons. The minimum Gasteiger partial charge on any atom is -0.369 e. The average molecular weight is 225 g/mol. The van der Waals surface area contributed by atoms with Crippen LogP contribution in [-0.2, 0) is 4.79 Å². The normalized spacial score (nSPS) is 31.9. The van der Waals surface area contributed by atoms with E-state index in [-0.39, 0.29) is 11.4 Å². The first-order valence-electron chi connectivity index (χ1n) is 6.31. The number of nitrogens with two attached hydrogens (primary N) is 1. The van der Waals surface area contributed by atoms with Gasteiger partial charge in [0.25, 0.3) is 0 Å². The predicted molar refractivity (Wildman–Crippen MR) is 64.1 cm³/mol. The van der Waals surface area contributed by atoms with Gasteiger partial charge in [0.15, 0.2) is 0 Å². The molecular weight excluding hydrogens is 202 g/mol. The van der Waals surface area contributed by atoms with Crippen LogP contribution in [-0.4, -0.2) is 53.5 Å². The molecule has 2 saturated heterocycles. The van der Waals surface area contributed by atoms with Gasteiger partial charge in [0.1, 0.15) is 0 Å². The van der Waals surface area contributed by atoms with Gasteiger partial charge in [0, 0.05) is 24.7 Å². The van der Waals surface area contributed by atoms with Crippen LogP contribution >= 0.6 is 0 Å². The molecule has 0 aliphatic carbocycles. The second-order valence-electron chi connectivity index (χ2n) is 5.53. The summed E-state index contributed by atoms with van der Waals surface area (Å²) in [6.07, 6.45) is 3.63. The number of nitrogens with zero attached hydrogens (tertiary/aromatic N) is 2. The van der Waals surface area contributed by atoms with Gasteiger partial charge < -0.3 is 5.73 Å². The fourth-order valence-corrected chi connectivity index (χ4v) is 3.22. The Kier molecular flexibility index (Phi) is 3.22. The standard InChI is InChI=1S/C12H23N3O/c1-10(2)14-7-5-12(9-14)4-3-6-15(12)8-11(13)16/h10H,3-9H2,1-2H3,(H2,13,16). The van der Waals surface area contributed by atoms with E-state index in [4.69, 9.17) is 5.73 Å². The van der Waals surface area contributed by atoms with E-state index < -0.39 is 0 Å². The fraction of sp³-hybridized carbons (Fsp3) is 0.917. The lowest BCUT2D eigenvalue weighted by Crippen LogP contribution is -2.49. The quantitative estimate of drug-likeness (QED) is 0.757. The highest BCUT2D eigenvalue weighted by Gasteiger charge is 2.46. The molecule has 0 aromatic carbocycles. The van der Waals surface area contributed by atoms with Crippen LogP contribution in [0.15, 0.2) is 0 Å². The van der Waals surface area contributed by atoms with Crippen molar-refractivity contribution in [3.05, 3.63) is 0 Å². The molecule has 4 heteroatoms. The van der Waals surface area contributed by atoms with Gasteiger partial charge in [-0.15, -0.1) is 0 Å². The molecule has 0 aromatic rings. The molecular formula is C12H23N3O. The fourth-order valence-electron chi connectivity index (χ4n) is 3.22. The molecule has 0 bridgehead atoms. The molecule has 0 saturated carbocycles. The summed E-state index contributed by atoms with van der Waals surface area (Å²) in [7, 11) is 0. The van der Waals surface area contributed by atoms with Crippen molar-refractivity contribution >= 4 is 5.91 Å². The summed E-state index contributed by atoms with van der Waals surface area (Å²) in [6.45, 7) is 8.23. The first kappa shape index (κ1) is 11.9. The lowest BCUT2D eigenvalue weighted by Gasteiger charge is -2.35. The van der Waals surface area contributed by atoms with Crippen LogP contribution in [0.3, 0.4) is 0 Å². The zero-order valence-electron chi connectivity index (χ0n) is 10.4. The molecule has 4 nitrogen and oxygen atoms in total. The Balaban J connectivity index is 2.04. The highest BCUT2D eigenvalue weighted by Crippen LogP contribution is 2.37. The van der Waals surface area contributed by atoms with Crippen LogP contribution in [0.25, 0.3) is 0 Å². The molecule has 2 fully saturated rings. The summed E-state index contributed by atoms with van der Waals surface area (Å²) in [4.78, 5) is 15.9. The van der Waals surface area contributed by atoms with Crippen LogP contribution in [0, 0.1) is 0 Å². The lowest BCUT2D eigenvalue weighted by molar-refractivity contribution is -0.120. The Bertz CT molecular complexity index is 279. The van der Waals surface area contributed by atoms with Crippen molar-refractivity contribution < 1.29 is 4.79 Å². The van der Waals surface area contributed by atoms with E-state index in [2.05, 4.69) is 23.6 Å². The van der Waals surface area contributed by atoms with E-state index in [9.17, 15) is 4.79 Å². The summed E-state index contributed by atoms with van der Waals surface area (Å²) in [5.41, 5.74) is 5.57. The van der Waals surface area contributed by atoms with E-state index in [0.717, 1.165) is 19.6 Å². The smallest absolute Gasteiger partial charge is 0.231 e. The Morgan fingerprint density at radius 2 is 2.12 bits per heavy atom. The molecule has 2 N–H and O–H groups in total. The number of likely N-dealkylation sites (tertiary alicyclic amines) is 2. The van der Waals surface area contributed by atoms with Crippen LogP contribution in [0.1, 0.15) is 33.1 Å². The predicted octanol–water partition coefficient (Wildman–Crippen LogP) is 0.420. The van der Waals surface area contributed by atoms with Gasteiger partial charge in [0.2, 0.25) is 5.91 Å². The van der Waals surface area contributed by atoms with Gasteiger partial charge in [-0.25, -0.2) is 0 Å². The minimum absolute atomic E-state index is 0.190. The number of amides is 1.